The molecule has 1 heterocycles. The molecule has 0 aromatic heterocycles. The van der Waals surface area contributed by atoms with Gasteiger partial charge < -0.3 is 5.11 Å². The first kappa shape index (κ1) is 15.2. The molecule has 20 heavy (non-hydrogen) atoms. The van der Waals surface area contributed by atoms with Crippen molar-refractivity contribution < 1.29 is 9.90 Å². The lowest BCUT2D eigenvalue weighted by atomic mass is 9.94. The Bertz CT molecular complexity index is 510. The van der Waals surface area contributed by atoms with Gasteiger partial charge in [-0.05, 0) is 62.4 Å². The van der Waals surface area contributed by atoms with E-state index in [2.05, 4.69) is 24.8 Å². The van der Waals surface area contributed by atoms with Crippen molar-refractivity contribution in [1.82, 2.24) is 4.90 Å². The summed E-state index contributed by atoms with van der Waals surface area (Å²) in [6.45, 7) is 10.1. The van der Waals surface area contributed by atoms with E-state index in [9.17, 15) is 9.90 Å². The van der Waals surface area contributed by atoms with E-state index in [-0.39, 0.29) is 11.9 Å². The summed E-state index contributed by atoms with van der Waals surface area (Å²) in [7, 11) is 0. The number of hydrogen-bond donors (Lipinski definition) is 1. The first-order chi connectivity index (χ1) is 9.38. The molecular weight excluding hydrogens is 250 g/mol. The van der Waals surface area contributed by atoms with E-state index < -0.39 is 0 Å². The van der Waals surface area contributed by atoms with Crippen LogP contribution >= 0.6 is 0 Å². The maximum Gasteiger partial charge on any atom is 0.177 e. The van der Waals surface area contributed by atoms with Gasteiger partial charge >= 0.3 is 0 Å². The van der Waals surface area contributed by atoms with Gasteiger partial charge in [0, 0.05) is 12.1 Å². The Labute approximate surface area is 121 Å². The Morgan fingerprint density at radius 1 is 1.25 bits per heavy atom. The lowest BCUT2D eigenvalue weighted by Gasteiger charge is -2.33. The number of hydrogen-bond acceptors (Lipinski definition) is 3. The number of β-amino-alcohol motifs (C(OH)–C–C–N with tert-alkyl or cyclic N) is 1. The van der Waals surface area contributed by atoms with Crippen LogP contribution in [0.3, 0.4) is 0 Å². The second kappa shape index (κ2) is 6.06. The van der Waals surface area contributed by atoms with Crippen molar-refractivity contribution in [2.75, 3.05) is 19.6 Å². The zero-order valence-electron chi connectivity index (χ0n) is 12.9. The van der Waals surface area contributed by atoms with E-state index in [1.54, 1.807) is 0 Å². The van der Waals surface area contributed by atoms with Crippen LogP contribution in [0.1, 0.15) is 40.4 Å². The summed E-state index contributed by atoms with van der Waals surface area (Å²) in [6, 6.07) is 4.08. The molecule has 1 fully saturated rings. The highest BCUT2D eigenvalue weighted by atomic mass is 16.3. The quantitative estimate of drug-likeness (QED) is 0.862. The summed E-state index contributed by atoms with van der Waals surface area (Å²) in [5.74, 6) is 0.497. The number of aliphatic hydroxyl groups is 1. The number of piperidine rings is 1. The van der Waals surface area contributed by atoms with Crippen LogP contribution in [0.15, 0.2) is 12.1 Å². The van der Waals surface area contributed by atoms with Gasteiger partial charge in [0.15, 0.2) is 5.78 Å². The Kier molecular flexibility index (Phi) is 4.61. The van der Waals surface area contributed by atoms with Gasteiger partial charge in [0.05, 0.1) is 12.6 Å². The largest absolute Gasteiger partial charge is 0.392 e. The molecule has 1 aromatic carbocycles. The molecule has 1 aromatic rings. The number of carbonyl (C=O) groups is 1. The first-order valence-corrected chi connectivity index (χ1v) is 7.40. The fraction of sp³-hybridized carbons (Fsp3) is 0.588. The maximum atomic E-state index is 12.5. The molecule has 0 aliphatic carbocycles. The average Bonchev–Trinajstić information content (AvgIpc) is 2.38. The second-order valence-electron chi connectivity index (χ2n) is 6.24. The van der Waals surface area contributed by atoms with Crippen molar-refractivity contribution in [2.45, 2.75) is 40.2 Å². The van der Waals surface area contributed by atoms with Crippen LogP contribution in [0, 0.1) is 26.7 Å². The molecular formula is C17H25NO2. The molecule has 0 saturated carbocycles. The number of nitrogens with zero attached hydrogens (tertiary/aromatic N) is 1. The molecule has 110 valence electrons. The highest BCUT2D eigenvalue weighted by Crippen LogP contribution is 2.19. The first-order valence-electron chi connectivity index (χ1n) is 7.40. The third kappa shape index (κ3) is 3.28. The number of aryl methyl sites for hydroxylation is 3. The van der Waals surface area contributed by atoms with E-state index in [1.165, 1.54) is 5.56 Å². The van der Waals surface area contributed by atoms with Gasteiger partial charge in [-0.1, -0.05) is 13.0 Å². The van der Waals surface area contributed by atoms with Crippen LogP contribution in [0.2, 0.25) is 0 Å². The Hall–Kier alpha value is -1.19. The van der Waals surface area contributed by atoms with Gasteiger partial charge in [-0.3, -0.25) is 9.69 Å². The van der Waals surface area contributed by atoms with Gasteiger partial charge in [-0.2, -0.15) is 0 Å². The molecule has 2 rings (SSSR count). The van der Waals surface area contributed by atoms with Crippen molar-refractivity contribution in [3.8, 4) is 0 Å². The molecule has 3 heteroatoms. The van der Waals surface area contributed by atoms with Gasteiger partial charge in [-0.25, -0.2) is 0 Å². The van der Waals surface area contributed by atoms with E-state index in [0.29, 0.717) is 19.0 Å². The van der Waals surface area contributed by atoms with Crippen molar-refractivity contribution in [3.05, 3.63) is 34.4 Å². The second-order valence-corrected chi connectivity index (χ2v) is 6.24. The minimum atomic E-state index is -0.308. The SMILES string of the molecule is Cc1cc(C)c(C(=O)CN2CCC(C)C(O)C2)cc1C. The minimum Gasteiger partial charge on any atom is -0.392 e. The van der Waals surface area contributed by atoms with Gasteiger partial charge in [-0.15, -0.1) is 0 Å². The number of likely N-dealkylation sites (tertiary alicyclic amines) is 1. The number of aliphatic hydroxyl groups excluding tert-OH is 1. The lowest BCUT2D eigenvalue weighted by Crippen LogP contribution is -2.44. The Balaban J connectivity index is 2.07. The standard InChI is InChI=1S/C17H25NO2/c1-11-5-6-18(9-16(11)19)10-17(20)15-8-13(3)12(2)7-14(15)4/h7-8,11,16,19H,5-6,9-10H2,1-4H3. The fourth-order valence-electron chi connectivity index (χ4n) is 2.81. The zero-order chi connectivity index (χ0) is 14.9. The number of Topliss-reactive ketones (excluding diaryl/α,β-unsaturated/α-hetero) is 1. The van der Waals surface area contributed by atoms with Crippen LogP contribution in [-0.4, -0.2) is 41.5 Å². The third-order valence-electron chi connectivity index (χ3n) is 4.51. The van der Waals surface area contributed by atoms with Crippen molar-refractivity contribution >= 4 is 5.78 Å². The summed E-state index contributed by atoms with van der Waals surface area (Å²) in [5, 5.41) is 9.91. The summed E-state index contributed by atoms with van der Waals surface area (Å²) in [5.41, 5.74) is 4.25. The normalized spacial score (nSPS) is 23.9. The average molecular weight is 275 g/mol. The zero-order valence-corrected chi connectivity index (χ0v) is 12.9. The van der Waals surface area contributed by atoms with E-state index in [0.717, 1.165) is 29.7 Å². The Morgan fingerprint density at radius 3 is 2.55 bits per heavy atom. The molecule has 1 aliphatic rings. The molecule has 2 atom stereocenters. The molecule has 0 bridgehead atoms. The molecule has 1 N–H and O–H groups in total. The summed E-state index contributed by atoms with van der Waals surface area (Å²) in [4.78, 5) is 14.5. The summed E-state index contributed by atoms with van der Waals surface area (Å²) in [6.07, 6.45) is 0.651. The maximum absolute atomic E-state index is 12.5. The predicted molar refractivity (Wildman–Crippen MR) is 81.2 cm³/mol. The molecule has 0 spiro atoms. The van der Waals surface area contributed by atoms with Crippen LogP contribution in [-0.2, 0) is 0 Å². The molecule has 1 aliphatic heterocycles. The van der Waals surface area contributed by atoms with Crippen LogP contribution in [0.5, 0.6) is 0 Å². The number of carbonyl (C=O) groups excluding carboxylic acids is 1. The molecule has 1 saturated heterocycles. The van der Waals surface area contributed by atoms with Crippen molar-refractivity contribution in [3.63, 3.8) is 0 Å². The summed E-state index contributed by atoms with van der Waals surface area (Å²) >= 11 is 0. The molecule has 3 nitrogen and oxygen atoms in total. The minimum absolute atomic E-state index is 0.160. The number of rotatable bonds is 3. The number of ketones is 1. The Morgan fingerprint density at radius 2 is 1.90 bits per heavy atom. The molecule has 0 radical (unpaired) electrons. The monoisotopic (exact) mass is 275 g/mol. The topological polar surface area (TPSA) is 40.5 Å². The highest BCUT2D eigenvalue weighted by Gasteiger charge is 2.26. The lowest BCUT2D eigenvalue weighted by molar-refractivity contribution is 0.0294. The highest BCUT2D eigenvalue weighted by molar-refractivity contribution is 5.99. The van der Waals surface area contributed by atoms with Crippen LogP contribution < -0.4 is 0 Å². The van der Waals surface area contributed by atoms with Crippen LogP contribution in [0.4, 0.5) is 0 Å². The van der Waals surface area contributed by atoms with E-state index >= 15 is 0 Å². The molecule has 2 unspecified atom stereocenters. The van der Waals surface area contributed by atoms with Gasteiger partial charge in [0.25, 0.3) is 0 Å². The van der Waals surface area contributed by atoms with Crippen LogP contribution in [0.25, 0.3) is 0 Å². The van der Waals surface area contributed by atoms with Crippen molar-refractivity contribution in [2.24, 2.45) is 5.92 Å². The van der Waals surface area contributed by atoms with Crippen molar-refractivity contribution in [1.29, 1.82) is 0 Å². The third-order valence-corrected chi connectivity index (χ3v) is 4.51. The summed E-state index contributed by atoms with van der Waals surface area (Å²) < 4.78 is 0. The van der Waals surface area contributed by atoms with Gasteiger partial charge in [0.1, 0.15) is 0 Å². The number of benzene rings is 1. The van der Waals surface area contributed by atoms with E-state index in [4.69, 9.17) is 0 Å². The van der Waals surface area contributed by atoms with Gasteiger partial charge in [0.2, 0.25) is 0 Å². The molecule has 0 amide bonds. The smallest absolute Gasteiger partial charge is 0.177 e. The predicted octanol–water partition coefficient (Wildman–Crippen LogP) is 2.50. The van der Waals surface area contributed by atoms with E-state index in [1.807, 2.05) is 19.9 Å². The fourth-order valence-corrected chi connectivity index (χ4v) is 2.81.